The molecule has 1 aliphatic carbocycles. The van der Waals surface area contributed by atoms with Gasteiger partial charge in [0.25, 0.3) is 0 Å². The number of hydrogen-bond acceptors (Lipinski definition) is 8. The lowest BCUT2D eigenvalue weighted by Crippen LogP contribution is -2.49. The molecule has 208 valence electrons. The highest BCUT2D eigenvalue weighted by Crippen LogP contribution is 2.47. The van der Waals surface area contributed by atoms with Crippen LogP contribution in [0.25, 0.3) is 11.3 Å². The van der Waals surface area contributed by atoms with Crippen LogP contribution in [-0.2, 0) is 4.74 Å². The van der Waals surface area contributed by atoms with Gasteiger partial charge in [0.15, 0.2) is 12.1 Å². The van der Waals surface area contributed by atoms with Crippen LogP contribution < -0.4 is 16.8 Å². The number of aromatic nitrogens is 2. The van der Waals surface area contributed by atoms with E-state index in [1.807, 2.05) is 12.3 Å². The van der Waals surface area contributed by atoms with Crippen molar-refractivity contribution in [2.24, 2.45) is 11.7 Å². The lowest BCUT2D eigenvalue weighted by atomic mass is 9.70. The van der Waals surface area contributed by atoms with Crippen LogP contribution in [0.3, 0.4) is 0 Å². The first-order valence-electron chi connectivity index (χ1n) is 12.6. The van der Waals surface area contributed by atoms with Gasteiger partial charge < -0.3 is 21.5 Å². The van der Waals surface area contributed by atoms with E-state index in [0.29, 0.717) is 31.5 Å². The molecule has 5 atom stereocenters. The van der Waals surface area contributed by atoms with Crippen LogP contribution in [0.15, 0.2) is 42.7 Å². The number of rotatable bonds is 10. The molecule has 4 rings (SSSR count). The number of nitrogen functional groups attached to an aromatic ring is 1. The maximum atomic E-state index is 16.8. The van der Waals surface area contributed by atoms with E-state index in [9.17, 15) is 4.79 Å². The van der Waals surface area contributed by atoms with Crippen LogP contribution in [0.5, 0.6) is 0 Å². The average molecular weight is 560 g/mol. The summed E-state index contributed by atoms with van der Waals surface area (Å²) in [6.45, 7) is 0.372. The lowest BCUT2D eigenvalue weighted by Gasteiger charge is -2.42. The van der Waals surface area contributed by atoms with Crippen molar-refractivity contribution in [2.75, 3.05) is 36.7 Å². The van der Waals surface area contributed by atoms with Gasteiger partial charge in [-0.15, -0.1) is 0 Å². The number of halogens is 3. The second kappa shape index (κ2) is 12.8. The number of nitrogens with zero attached hydrogens (tertiary/aromatic N) is 2. The molecule has 0 bridgehead atoms. The maximum Gasteiger partial charge on any atom is 0.170 e. The van der Waals surface area contributed by atoms with Crippen molar-refractivity contribution < 1.29 is 22.7 Å². The highest BCUT2D eigenvalue weighted by molar-refractivity contribution is 7.98. The fourth-order valence-electron chi connectivity index (χ4n) is 5.40. The van der Waals surface area contributed by atoms with Gasteiger partial charge >= 0.3 is 0 Å². The Morgan fingerprint density at radius 1 is 1.26 bits per heavy atom. The third-order valence-electron chi connectivity index (χ3n) is 7.22. The molecule has 5 N–H and O–H groups in total. The van der Waals surface area contributed by atoms with E-state index in [1.54, 1.807) is 31.2 Å². The molecule has 39 heavy (non-hydrogen) atoms. The smallest absolute Gasteiger partial charge is 0.170 e. The van der Waals surface area contributed by atoms with Crippen molar-refractivity contribution in [3.63, 3.8) is 0 Å². The molecule has 1 aromatic carbocycles. The van der Waals surface area contributed by atoms with Crippen LogP contribution >= 0.6 is 11.8 Å². The Labute approximate surface area is 229 Å². The molecule has 1 saturated carbocycles. The maximum absolute atomic E-state index is 16.8. The Balaban J connectivity index is 1.79. The zero-order valence-corrected chi connectivity index (χ0v) is 22.6. The van der Waals surface area contributed by atoms with Gasteiger partial charge in [-0.3, -0.25) is 9.78 Å². The first kappa shape index (κ1) is 28.8. The Hall–Kier alpha value is -3.15. The van der Waals surface area contributed by atoms with Crippen molar-refractivity contribution in [3.05, 3.63) is 71.2 Å². The summed E-state index contributed by atoms with van der Waals surface area (Å²) in [6.07, 6.45) is 4.14. The SMILES string of the molecule is CNc1cnccc1C1CC(N)C(OCCSC)[C@@H](C(F)c2cccc(F)c2-c2nc(C=O)c(N)cc2F)C1. The molecule has 1 aliphatic rings. The number of nitrogens with one attached hydrogen (secondary N) is 1. The summed E-state index contributed by atoms with van der Waals surface area (Å²) in [4.78, 5) is 19.5. The normalized spacial score (nSPS) is 21.9. The third-order valence-corrected chi connectivity index (χ3v) is 7.80. The van der Waals surface area contributed by atoms with Crippen LogP contribution in [0.1, 0.15) is 46.5 Å². The van der Waals surface area contributed by atoms with Crippen molar-refractivity contribution in [3.8, 4) is 11.3 Å². The van der Waals surface area contributed by atoms with E-state index in [0.717, 1.165) is 23.4 Å². The van der Waals surface area contributed by atoms with Crippen LogP contribution in [0.4, 0.5) is 24.5 Å². The first-order chi connectivity index (χ1) is 18.8. The van der Waals surface area contributed by atoms with Gasteiger partial charge in [0.2, 0.25) is 0 Å². The molecule has 4 unspecified atom stereocenters. The number of aldehydes is 1. The molecular formula is C28H32F3N5O2S. The van der Waals surface area contributed by atoms with Crippen molar-refractivity contribution in [1.82, 2.24) is 9.97 Å². The fourth-order valence-corrected chi connectivity index (χ4v) is 5.66. The third kappa shape index (κ3) is 6.05. The van der Waals surface area contributed by atoms with Gasteiger partial charge in [-0.25, -0.2) is 18.2 Å². The summed E-state index contributed by atoms with van der Waals surface area (Å²) in [5.41, 5.74) is 12.7. The van der Waals surface area contributed by atoms with Gasteiger partial charge in [0.1, 0.15) is 23.4 Å². The largest absolute Gasteiger partial charge is 0.397 e. The zero-order chi connectivity index (χ0) is 28.1. The standard InChI is InChI=1S/C28H32F3N5O2S/c1-34-23-13-35-7-6-16(23)15-10-18(28(22(33)11-15)38-8-9-39-2)26(31)17-4-3-5-19(29)25(17)27-20(30)12-21(32)24(14-37)36-27/h3-7,12-15,18,22,26,28,34H,8-11,32-33H2,1-2H3/t15?,18-,22?,26?,28?/m1/s1. The second-order valence-electron chi connectivity index (χ2n) is 9.55. The molecule has 2 heterocycles. The summed E-state index contributed by atoms with van der Waals surface area (Å²) in [7, 11) is 1.79. The molecule has 0 saturated heterocycles. The quantitative estimate of drug-likeness (QED) is 0.231. The van der Waals surface area contributed by atoms with Crippen LogP contribution in [-0.4, -0.2) is 54.1 Å². The van der Waals surface area contributed by atoms with Gasteiger partial charge in [0.05, 0.1) is 30.3 Å². The van der Waals surface area contributed by atoms with Gasteiger partial charge in [-0.2, -0.15) is 11.8 Å². The number of benzene rings is 1. The number of thioether (sulfide) groups is 1. The van der Waals surface area contributed by atoms with Gasteiger partial charge in [-0.05, 0) is 48.3 Å². The zero-order valence-electron chi connectivity index (χ0n) is 21.7. The molecule has 0 amide bonds. The summed E-state index contributed by atoms with van der Waals surface area (Å²) in [5, 5.41) is 3.13. The lowest BCUT2D eigenvalue weighted by molar-refractivity contribution is -0.0483. The second-order valence-corrected chi connectivity index (χ2v) is 10.5. The number of hydrogen-bond donors (Lipinski definition) is 3. The summed E-state index contributed by atoms with van der Waals surface area (Å²) >= 11 is 1.59. The molecule has 0 aliphatic heterocycles. The molecule has 0 radical (unpaired) electrons. The highest BCUT2D eigenvalue weighted by Gasteiger charge is 2.43. The van der Waals surface area contributed by atoms with E-state index < -0.39 is 41.6 Å². The van der Waals surface area contributed by atoms with Crippen molar-refractivity contribution in [2.45, 2.75) is 37.1 Å². The highest BCUT2D eigenvalue weighted by atomic mass is 32.2. The van der Waals surface area contributed by atoms with Crippen LogP contribution in [0, 0.1) is 17.6 Å². The van der Waals surface area contributed by atoms with Gasteiger partial charge in [0, 0.05) is 42.6 Å². The summed E-state index contributed by atoms with van der Waals surface area (Å²) in [5.74, 6) is -2.03. The summed E-state index contributed by atoms with van der Waals surface area (Å²) in [6, 6.07) is 6.13. The fraction of sp³-hybridized carbons (Fsp3) is 0.393. The van der Waals surface area contributed by atoms with E-state index >= 15 is 13.2 Å². The number of carbonyl (C=O) groups is 1. The van der Waals surface area contributed by atoms with Gasteiger partial charge in [-0.1, -0.05) is 12.1 Å². The number of anilines is 2. The minimum Gasteiger partial charge on any atom is -0.397 e. The summed E-state index contributed by atoms with van der Waals surface area (Å²) < 4.78 is 53.2. The number of carbonyl (C=O) groups excluding carboxylic acids is 1. The Morgan fingerprint density at radius 2 is 2.05 bits per heavy atom. The number of pyridine rings is 2. The van der Waals surface area contributed by atoms with E-state index in [4.69, 9.17) is 16.2 Å². The van der Waals surface area contributed by atoms with Crippen LogP contribution in [0.2, 0.25) is 0 Å². The monoisotopic (exact) mass is 559 g/mol. The van der Waals surface area contributed by atoms with E-state index in [2.05, 4.69) is 15.3 Å². The van der Waals surface area contributed by atoms with E-state index in [-0.39, 0.29) is 28.4 Å². The van der Waals surface area contributed by atoms with E-state index in [1.165, 1.54) is 12.1 Å². The number of alkyl halides is 1. The topological polar surface area (TPSA) is 116 Å². The molecule has 2 aromatic heterocycles. The first-order valence-corrected chi connectivity index (χ1v) is 14.0. The Morgan fingerprint density at radius 3 is 2.77 bits per heavy atom. The minimum absolute atomic E-state index is 0.0945. The minimum atomic E-state index is -1.78. The number of nitrogens with two attached hydrogens (primary N) is 2. The molecule has 7 nitrogen and oxygen atoms in total. The molecular weight excluding hydrogens is 527 g/mol. The van der Waals surface area contributed by atoms with Crippen molar-refractivity contribution in [1.29, 1.82) is 0 Å². The Kier molecular flexibility index (Phi) is 9.47. The average Bonchev–Trinajstić information content (AvgIpc) is 2.93. The Bertz CT molecular complexity index is 1310. The predicted octanol–water partition coefficient (Wildman–Crippen LogP) is 5.14. The molecule has 3 aromatic rings. The molecule has 11 heteroatoms. The molecule has 1 fully saturated rings. The molecule has 0 spiro atoms. The number of ether oxygens (including phenoxy) is 1. The predicted molar refractivity (Wildman–Crippen MR) is 149 cm³/mol. The van der Waals surface area contributed by atoms with Crippen molar-refractivity contribution >= 4 is 29.4 Å².